The van der Waals surface area contributed by atoms with Crippen molar-refractivity contribution in [3.05, 3.63) is 33.6 Å². The topological polar surface area (TPSA) is 41.1 Å². The second-order valence-corrected chi connectivity index (χ2v) is 4.11. The Morgan fingerprint density at radius 3 is 3.14 bits per heavy atom. The predicted octanol–water partition coefficient (Wildman–Crippen LogP) is 2.82. The van der Waals surface area contributed by atoms with Crippen LogP contribution >= 0.6 is 27.5 Å². The van der Waals surface area contributed by atoms with Crippen molar-refractivity contribution in [2.75, 3.05) is 0 Å². The molecule has 0 saturated heterocycles. The van der Waals surface area contributed by atoms with Gasteiger partial charge in [0.05, 0.1) is 29.4 Å². The number of imidazole rings is 1. The first-order valence-corrected chi connectivity index (χ1v) is 5.07. The first kappa shape index (κ1) is 9.50. The summed E-state index contributed by atoms with van der Waals surface area (Å²) in [5, 5.41) is 9.17. The highest BCUT2D eigenvalue weighted by Crippen LogP contribution is 2.22. The molecule has 0 N–H and O–H groups in total. The van der Waals surface area contributed by atoms with Crippen LogP contribution in [0.1, 0.15) is 5.69 Å². The van der Waals surface area contributed by atoms with E-state index >= 15 is 0 Å². The van der Waals surface area contributed by atoms with E-state index in [0.29, 0.717) is 17.1 Å². The van der Waals surface area contributed by atoms with Gasteiger partial charge in [-0.1, -0.05) is 11.6 Å². The molecule has 0 fully saturated rings. The Morgan fingerprint density at radius 1 is 1.64 bits per heavy atom. The average molecular weight is 271 g/mol. The number of halogens is 2. The van der Waals surface area contributed by atoms with Crippen molar-refractivity contribution in [1.82, 2.24) is 9.38 Å². The van der Waals surface area contributed by atoms with Crippen LogP contribution in [-0.4, -0.2) is 9.38 Å². The smallest absolute Gasteiger partial charge is 0.155 e. The summed E-state index contributed by atoms with van der Waals surface area (Å²) in [5.41, 5.74) is 1.52. The Hall–Kier alpha value is -1.05. The van der Waals surface area contributed by atoms with Crippen LogP contribution in [-0.2, 0) is 6.42 Å². The Balaban J connectivity index is 2.73. The van der Waals surface area contributed by atoms with Crippen molar-refractivity contribution in [2.45, 2.75) is 6.42 Å². The molecule has 0 atom stereocenters. The normalized spacial score (nSPS) is 10.4. The van der Waals surface area contributed by atoms with E-state index in [-0.39, 0.29) is 0 Å². The molecule has 2 heterocycles. The van der Waals surface area contributed by atoms with Gasteiger partial charge in [0, 0.05) is 10.7 Å². The summed E-state index contributed by atoms with van der Waals surface area (Å²) in [4.78, 5) is 4.14. The maximum Gasteiger partial charge on any atom is 0.155 e. The van der Waals surface area contributed by atoms with E-state index in [1.807, 2.05) is 10.6 Å². The van der Waals surface area contributed by atoms with Crippen molar-refractivity contribution in [3.8, 4) is 6.07 Å². The molecule has 2 aromatic heterocycles. The molecule has 0 saturated carbocycles. The Bertz CT molecular complexity index is 527. The summed E-state index contributed by atoms with van der Waals surface area (Å²) >= 11 is 9.32. The lowest BCUT2D eigenvalue weighted by molar-refractivity contribution is 1.05. The lowest BCUT2D eigenvalue weighted by Crippen LogP contribution is -1.91. The minimum atomic E-state index is 0.327. The van der Waals surface area contributed by atoms with Gasteiger partial charge in [0.2, 0.25) is 0 Å². The van der Waals surface area contributed by atoms with E-state index in [1.165, 1.54) is 0 Å². The highest BCUT2D eigenvalue weighted by molar-refractivity contribution is 9.10. The van der Waals surface area contributed by atoms with Gasteiger partial charge in [-0.15, -0.1) is 0 Å². The standard InChI is InChI=1S/C9H5BrClN3/c10-6-3-8(11)9-13-4-7(1-2-12)14(9)5-6/h3-5H,1H2. The molecule has 14 heavy (non-hydrogen) atoms. The van der Waals surface area contributed by atoms with E-state index in [9.17, 15) is 0 Å². The lowest BCUT2D eigenvalue weighted by Gasteiger charge is -2.00. The first-order chi connectivity index (χ1) is 6.72. The molecule has 0 aliphatic heterocycles. The predicted molar refractivity (Wildman–Crippen MR) is 57.2 cm³/mol. The fraction of sp³-hybridized carbons (Fsp3) is 0.111. The van der Waals surface area contributed by atoms with Crippen LogP contribution in [0.2, 0.25) is 5.02 Å². The van der Waals surface area contributed by atoms with Gasteiger partial charge in [-0.2, -0.15) is 5.26 Å². The molecule has 5 heteroatoms. The molecule has 0 bridgehead atoms. The highest BCUT2D eigenvalue weighted by atomic mass is 79.9. The summed E-state index contributed by atoms with van der Waals surface area (Å²) in [6, 6.07) is 3.86. The second kappa shape index (κ2) is 3.60. The van der Waals surface area contributed by atoms with E-state index in [0.717, 1.165) is 10.2 Å². The Kier molecular flexibility index (Phi) is 2.44. The number of hydrogen-bond donors (Lipinski definition) is 0. The zero-order valence-corrected chi connectivity index (χ0v) is 9.38. The van der Waals surface area contributed by atoms with Crippen LogP contribution < -0.4 is 0 Å². The molecule has 2 aromatic rings. The fourth-order valence-corrected chi connectivity index (χ4v) is 2.10. The average Bonchev–Trinajstić information content (AvgIpc) is 2.49. The van der Waals surface area contributed by atoms with Gasteiger partial charge in [-0.25, -0.2) is 4.98 Å². The van der Waals surface area contributed by atoms with Gasteiger partial charge in [0.15, 0.2) is 5.65 Å². The van der Waals surface area contributed by atoms with Gasteiger partial charge in [-0.05, 0) is 22.0 Å². The molecule has 0 amide bonds. The fourth-order valence-electron chi connectivity index (χ4n) is 1.27. The number of nitriles is 1. The van der Waals surface area contributed by atoms with Gasteiger partial charge >= 0.3 is 0 Å². The Labute approximate surface area is 94.1 Å². The highest BCUT2D eigenvalue weighted by Gasteiger charge is 2.06. The molecule has 0 radical (unpaired) electrons. The van der Waals surface area contributed by atoms with Crippen LogP contribution in [0.15, 0.2) is 22.9 Å². The van der Waals surface area contributed by atoms with E-state index in [2.05, 4.69) is 27.0 Å². The van der Waals surface area contributed by atoms with Gasteiger partial charge in [0.25, 0.3) is 0 Å². The second-order valence-electron chi connectivity index (χ2n) is 2.78. The molecule has 0 aromatic carbocycles. The lowest BCUT2D eigenvalue weighted by atomic mass is 10.3. The molecule has 0 unspecified atom stereocenters. The van der Waals surface area contributed by atoms with E-state index in [4.69, 9.17) is 16.9 Å². The molecular weight excluding hydrogens is 265 g/mol. The summed E-state index contributed by atoms with van der Waals surface area (Å²) < 4.78 is 2.68. The van der Waals surface area contributed by atoms with E-state index < -0.39 is 0 Å². The Morgan fingerprint density at radius 2 is 2.43 bits per heavy atom. The summed E-state index contributed by atoms with van der Waals surface area (Å²) in [6.07, 6.45) is 3.84. The quantitative estimate of drug-likeness (QED) is 0.799. The van der Waals surface area contributed by atoms with Crippen LogP contribution in [0.4, 0.5) is 0 Å². The third kappa shape index (κ3) is 1.49. The SMILES string of the molecule is N#CCc1cnc2c(Cl)cc(Br)cn12. The molecule has 0 aliphatic carbocycles. The molecular formula is C9H5BrClN3. The van der Waals surface area contributed by atoms with Crippen LogP contribution in [0.25, 0.3) is 5.65 Å². The van der Waals surface area contributed by atoms with Crippen molar-refractivity contribution >= 4 is 33.2 Å². The van der Waals surface area contributed by atoms with Crippen molar-refractivity contribution in [1.29, 1.82) is 5.26 Å². The number of fused-ring (bicyclic) bond motifs is 1. The number of rotatable bonds is 1. The molecule has 0 aliphatic rings. The van der Waals surface area contributed by atoms with Crippen LogP contribution in [0, 0.1) is 11.3 Å². The van der Waals surface area contributed by atoms with Crippen molar-refractivity contribution in [3.63, 3.8) is 0 Å². The minimum Gasteiger partial charge on any atom is -0.301 e. The zero-order chi connectivity index (χ0) is 10.1. The molecule has 2 rings (SSSR count). The molecule has 3 nitrogen and oxygen atoms in total. The van der Waals surface area contributed by atoms with Gasteiger partial charge < -0.3 is 4.40 Å². The zero-order valence-electron chi connectivity index (χ0n) is 7.04. The third-order valence-electron chi connectivity index (χ3n) is 1.86. The van der Waals surface area contributed by atoms with Gasteiger partial charge in [-0.3, -0.25) is 0 Å². The number of aromatic nitrogens is 2. The van der Waals surface area contributed by atoms with Crippen molar-refractivity contribution in [2.24, 2.45) is 0 Å². The molecule has 0 spiro atoms. The number of pyridine rings is 1. The maximum atomic E-state index is 8.60. The summed E-state index contributed by atoms with van der Waals surface area (Å²) in [7, 11) is 0. The maximum absolute atomic E-state index is 8.60. The van der Waals surface area contributed by atoms with Crippen LogP contribution in [0.5, 0.6) is 0 Å². The first-order valence-electron chi connectivity index (χ1n) is 3.90. The minimum absolute atomic E-state index is 0.327. The summed E-state index contributed by atoms with van der Waals surface area (Å²) in [6.45, 7) is 0. The monoisotopic (exact) mass is 269 g/mol. The number of nitrogens with zero attached hydrogens (tertiary/aromatic N) is 3. The largest absolute Gasteiger partial charge is 0.301 e. The van der Waals surface area contributed by atoms with E-state index in [1.54, 1.807) is 12.3 Å². The molecule has 70 valence electrons. The summed E-state index contributed by atoms with van der Waals surface area (Å²) in [5.74, 6) is 0. The third-order valence-corrected chi connectivity index (χ3v) is 2.58. The van der Waals surface area contributed by atoms with Crippen molar-refractivity contribution < 1.29 is 0 Å². The van der Waals surface area contributed by atoms with Gasteiger partial charge in [0.1, 0.15) is 0 Å². The van der Waals surface area contributed by atoms with Crippen LogP contribution in [0.3, 0.4) is 0 Å². The number of hydrogen-bond acceptors (Lipinski definition) is 2.